The molecule has 0 atom stereocenters. The van der Waals surface area contributed by atoms with Crippen LogP contribution in [0.4, 0.5) is 17.1 Å². The molecule has 0 fully saturated rings. The van der Waals surface area contributed by atoms with E-state index in [0.29, 0.717) is 0 Å². The van der Waals surface area contributed by atoms with Crippen LogP contribution in [0.15, 0.2) is 90.0 Å². The highest BCUT2D eigenvalue weighted by Crippen LogP contribution is 2.25. The van der Waals surface area contributed by atoms with Crippen molar-refractivity contribution in [3.63, 3.8) is 0 Å². The Morgan fingerprint density at radius 1 is 0.643 bits per heavy atom. The smallest absolute Gasteiger partial charge is 0.0652 e. The lowest BCUT2D eigenvalue weighted by Crippen LogP contribution is -2.24. The van der Waals surface area contributed by atoms with Crippen LogP contribution in [0.3, 0.4) is 0 Å². The molecular weight excluding hydrogens is 342 g/mol. The largest absolute Gasteiger partial charge is 0.372 e. The quantitative estimate of drug-likeness (QED) is 0.316. The summed E-state index contributed by atoms with van der Waals surface area (Å²) < 4.78 is 0. The average Bonchev–Trinajstić information content (AvgIpc) is 2.76. The summed E-state index contributed by atoms with van der Waals surface area (Å²) in [4.78, 5) is 2.45. The molecule has 28 heavy (non-hydrogen) atoms. The minimum Gasteiger partial charge on any atom is -0.372 e. The van der Waals surface area contributed by atoms with Gasteiger partial charge in [-0.2, -0.15) is 5.10 Å². The molecule has 3 nitrogen and oxygen atoms in total. The molecule has 0 aliphatic heterocycles. The Morgan fingerprint density at radius 2 is 1.14 bits per heavy atom. The maximum Gasteiger partial charge on any atom is 0.0652 e. The summed E-state index contributed by atoms with van der Waals surface area (Å²) in [7, 11) is 0. The summed E-state index contributed by atoms with van der Waals surface area (Å²) in [5.41, 5.74) is 4.45. The average molecular weight is 372 g/mol. The Kier molecular flexibility index (Phi) is 7.25. The van der Waals surface area contributed by atoms with Crippen LogP contribution >= 0.6 is 0 Å². The minimum absolute atomic E-state index is 1.04. The first-order valence-electron chi connectivity index (χ1n) is 10.1. The Morgan fingerprint density at radius 3 is 1.61 bits per heavy atom. The van der Waals surface area contributed by atoms with Crippen molar-refractivity contribution in [3.05, 3.63) is 90.5 Å². The number of para-hydroxylation sites is 2. The van der Waals surface area contributed by atoms with Gasteiger partial charge in [0.15, 0.2) is 0 Å². The van der Waals surface area contributed by atoms with Crippen molar-refractivity contribution in [1.82, 2.24) is 0 Å². The van der Waals surface area contributed by atoms with Crippen molar-refractivity contribution in [1.29, 1.82) is 0 Å². The molecule has 0 spiro atoms. The molecule has 0 saturated heterocycles. The summed E-state index contributed by atoms with van der Waals surface area (Å²) in [6.07, 6.45) is 4.24. The first-order chi connectivity index (χ1) is 13.8. The van der Waals surface area contributed by atoms with Crippen LogP contribution in [0, 0.1) is 0 Å². The molecule has 3 aromatic carbocycles. The van der Waals surface area contributed by atoms with Gasteiger partial charge in [0.05, 0.1) is 17.6 Å². The normalized spacial score (nSPS) is 10.9. The zero-order valence-corrected chi connectivity index (χ0v) is 16.8. The molecule has 3 aromatic rings. The Bertz CT molecular complexity index is 796. The van der Waals surface area contributed by atoms with Gasteiger partial charge in [-0.3, -0.25) is 0 Å². The van der Waals surface area contributed by atoms with Crippen molar-refractivity contribution in [2.24, 2.45) is 5.10 Å². The van der Waals surface area contributed by atoms with Crippen LogP contribution < -0.4 is 9.91 Å². The number of benzene rings is 3. The van der Waals surface area contributed by atoms with Crippen molar-refractivity contribution >= 4 is 23.3 Å². The molecule has 0 saturated carbocycles. The predicted molar refractivity (Wildman–Crippen MR) is 122 cm³/mol. The van der Waals surface area contributed by atoms with E-state index in [9.17, 15) is 0 Å². The third-order valence-electron chi connectivity index (χ3n) is 4.57. The summed E-state index contributed by atoms with van der Waals surface area (Å²) in [6, 6.07) is 29.1. The fourth-order valence-electron chi connectivity index (χ4n) is 3.23. The first-order valence-corrected chi connectivity index (χ1v) is 10.1. The maximum atomic E-state index is 4.78. The highest BCUT2D eigenvalue weighted by Gasteiger charge is 2.07. The van der Waals surface area contributed by atoms with Crippen molar-refractivity contribution < 1.29 is 0 Å². The maximum absolute atomic E-state index is 4.78. The van der Waals surface area contributed by atoms with Gasteiger partial charge in [-0.1, -0.05) is 62.4 Å². The van der Waals surface area contributed by atoms with Gasteiger partial charge < -0.3 is 4.90 Å². The topological polar surface area (TPSA) is 18.8 Å². The monoisotopic (exact) mass is 371 g/mol. The van der Waals surface area contributed by atoms with Crippen LogP contribution in [0.25, 0.3) is 0 Å². The Balaban J connectivity index is 1.81. The number of rotatable bonds is 9. The Hall–Kier alpha value is -3.07. The fourth-order valence-corrected chi connectivity index (χ4v) is 3.23. The molecule has 0 bridgehead atoms. The molecular formula is C25H29N3. The molecule has 3 heteroatoms. The predicted octanol–water partition coefficient (Wildman–Crippen LogP) is 6.49. The zero-order valence-electron chi connectivity index (χ0n) is 16.8. The van der Waals surface area contributed by atoms with E-state index in [-0.39, 0.29) is 0 Å². The van der Waals surface area contributed by atoms with E-state index in [1.165, 1.54) is 5.69 Å². The van der Waals surface area contributed by atoms with Crippen LogP contribution in [-0.2, 0) is 0 Å². The second kappa shape index (κ2) is 10.3. The Labute approximate surface area is 168 Å². The molecule has 0 aromatic heterocycles. The molecule has 0 aliphatic rings. The van der Waals surface area contributed by atoms with Gasteiger partial charge in [0.2, 0.25) is 0 Å². The fraction of sp³-hybridized carbons (Fsp3) is 0.240. The van der Waals surface area contributed by atoms with E-state index >= 15 is 0 Å². The third-order valence-corrected chi connectivity index (χ3v) is 4.57. The van der Waals surface area contributed by atoms with Crippen LogP contribution in [0.1, 0.15) is 32.3 Å². The third kappa shape index (κ3) is 5.23. The van der Waals surface area contributed by atoms with E-state index in [0.717, 1.165) is 42.9 Å². The lowest BCUT2D eigenvalue weighted by Gasteiger charge is -2.23. The van der Waals surface area contributed by atoms with Crippen LogP contribution in [0.2, 0.25) is 0 Å². The lowest BCUT2D eigenvalue weighted by molar-refractivity contribution is 0.745. The zero-order chi connectivity index (χ0) is 19.6. The van der Waals surface area contributed by atoms with Gasteiger partial charge in [-0.25, -0.2) is 5.01 Å². The highest BCUT2D eigenvalue weighted by atomic mass is 15.5. The first kappa shape index (κ1) is 19.7. The van der Waals surface area contributed by atoms with Gasteiger partial charge in [0, 0.05) is 18.8 Å². The summed E-state index contributed by atoms with van der Waals surface area (Å²) >= 11 is 0. The number of hydrogen-bond acceptors (Lipinski definition) is 3. The van der Waals surface area contributed by atoms with Gasteiger partial charge >= 0.3 is 0 Å². The lowest BCUT2D eigenvalue weighted by atomic mass is 10.2. The second-order valence-electron chi connectivity index (χ2n) is 6.81. The molecule has 144 valence electrons. The second-order valence-corrected chi connectivity index (χ2v) is 6.81. The van der Waals surface area contributed by atoms with E-state index in [2.05, 4.69) is 67.3 Å². The van der Waals surface area contributed by atoms with Gasteiger partial charge in [-0.05, 0) is 54.8 Å². The van der Waals surface area contributed by atoms with Gasteiger partial charge in [0.25, 0.3) is 0 Å². The van der Waals surface area contributed by atoms with E-state index in [1.807, 2.05) is 47.6 Å². The van der Waals surface area contributed by atoms with Gasteiger partial charge in [-0.15, -0.1) is 0 Å². The molecule has 0 aliphatic carbocycles. The van der Waals surface area contributed by atoms with Gasteiger partial charge in [0.1, 0.15) is 0 Å². The van der Waals surface area contributed by atoms with E-state index in [1.54, 1.807) is 0 Å². The van der Waals surface area contributed by atoms with Crippen molar-refractivity contribution in [3.8, 4) is 0 Å². The molecule has 3 rings (SSSR count). The summed E-state index contributed by atoms with van der Waals surface area (Å²) in [5.74, 6) is 0. The number of hydrazone groups is 1. The minimum atomic E-state index is 1.04. The number of nitrogens with zero attached hydrogens (tertiary/aromatic N) is 3. The molecule has 0 N–H and O–H groups in total. The standard InChI is InChI=1S/C25H29N3/c1-3-19-27(20-4-2)23-17-15-22(16-18-23)21-26-28(24-11-7-5-8-12-24)25-13-9-6-10-14-25/h5-18,21H,3-4,19-20H2,1-2H3/b26-21-. The highest BCUT2D eigenvalue weighted by molar-refractivity contribution is 5.82. The van der Waals surface area contributed by atoms with Crippen LogP contribution in [-0.4, -0.2) is 19.3 Å². The number of anilines is 3. The van der Waals surface area contributed by atoms with E-state index < -0.39 is 0 Å². The molecule has 0 amide bonds. The van der Waals surface area contributed by atoms with Crippen molar-refractivity contribution in [2.75, 3.05) is 23.0 Å². The SMILES string of the molecule is CCCN(CCC)c1ccc(/C=N\N(c2ccccc2)c2ccccc2)cc1. The molecule has 0 radical (unpaired) electrons. The summed E-state index contributed by atoms with van der Waals surface area (Å²) in [6.45, 7) is 6.64. The van der Waals surface area contributed by atoms with E-state index in [4.69, 9.17) is 5.10 Å². The molecule has 0 unspecified atom stereocenters. The van der Waals surface area contributed by atoms with Crippen molar-refractivity contribution in [2.45, 2.75) is 26.7 Å². The summed E-state index contributed by atoms with van der Waals surface area (Å²) in [5, 5.41) is 6.74. The van der Waals surface area contributed by atoms with Crippen LogP contribution in [0.5, 0.6) is 0 Å². The molecule has 0 heterocycles. The number of hydrogen-bond donors (Lipinski definition) is 0.